The number of aromatic amines is 2. The number of rotatable bonds is 5. The van der Waals surface area contributed by atoms with Gasteiger partial charge in [-0.15, -0.1) is 0 Å². The molecule has 2 heterocycles. The largest absolute Gasteiger partial charge is 0.358 e. The number of imidazole rings is 1. The summed E-state index contributed by atoms with van der Waals surface area (Å²) in [6, 6.07) is 4.23. The van der Waals surface area contributed by atoms with Crippen molar-refractivity contribution in [2.24, 2.45) is 0 Å². The van der Waals surface area contributed by atoms with Gasteiger partial charge < -0.3 is 15.3 Å². The third kappa shape index (κ3) is 3.45. The maximum Gasteiger partial charge on any atom is 0.225 e. The van der Waals surface area contributed by atoms with E-state index in [-0.39, 0.29) is 11.9 Å². The Kier molecular flexibility index (Phi) is 4.66. The number of nitrogens with one attached hydrogen (secondary N) is 3. The van der Waals surface area contributed by atoms with Crippen LogP contribution in [0.2, 0.25) is 0 Å². The van der Waals surface area contributed by atoms with E-state index in [1.807, 2.05) is 20.8 Å². The molecule has 0 fully saturated rings. The first kappa shape index (κ1) is 17.3. The van der Waals surface area contributed by atoms with Gasteiger partial charge >= 0.3 is 0 Å². The minimum atomic E-state index is -0.0878. The highest BCUT2D eigenvalue weighted by Gasteiger charge is 2.18. The Hall–Kier alpha value is -2.56. The van der Waals surface area contributed by atoms with Gasteiger partial charge in [0.1, 0.15) is 5.82 Å². The summed E-state index contributed by atoms with van der Waals surface area (Å²) in [6.07, 6.45) is 2.95. The van der Waals surface area contributed by atoms with Gasteiger partial charge in [0.25, 0.3) is 0 Å². The van der Waals surface area contributed by atoms with Crippen LogP contribution in [0.3, 0.4) is 0 Å². The summed E-state index contributed by atoms with van der Waals surface area (Å²) in [5.41, 5.74) is 6.68. The Balaban J connectivity index is 1.83. The van der Waals surface area contributed by atoms with Crippen LogP contribution in [-0.4, -0.2) is 20.9 Å². The van der Waals surface area contributed by atoms with Gasteiger partial charge in [-0.3, -0.25) is 4.79 Å². The van der Waals surface area contributed by atoms with E-state index in [1.165, 1.54) is 11.1 Å². The first-order chi connectivity index (χ1) is 11.9. The van der Waals surface area contributed by atoms with E-state index >= 15 is 0 Å². The van der Waals surface area contributed by atoms with E-state index in [9.17, 15) is 4.79 Å². The number of amides is 1. The molecule has 0 aliphatic heterocycles. The van der Waals surface area contributed by atoms with Crippen LogP contribution in [0.15, 0.2) is 18.3 Å². The zero-order chi connectivity index (χ0) is 18.1. The summed E-state index contributed by atoms with van der Waals surface area (Å²) in [6.45, 7) is 10.2. The van der Waals surface area contributed by atoms with E-state index in [0.29, 0.717) is 6.42 Å². The van der Waals surface area contributed by atoms with Crippen LogP contribution in [0, 0.1) is 27.7 Å². The molecule has 0 saturated heterocycles. The SMILES string of the molecule is CCC(NC(=O)Cc1c(C)[nH]c2c(C)cc(C)cc12)c1ncc(C)[nH]1. The molecule has 1 unspecified atom stereocenters. The van der Waals surface area contributed by atoms with Crippen molar-refractivity contribution >= 4 is 16.8 Å². The average molecular weight is 338 g/mol. The topological polar surface area (TPSA) is 73.6 Å². The highest BCUT2D eigenvalue weighted by molar-refractivity contribution is 5.92. The molecule has 0 spiro atoms. The molecule has 25 heavy (non-hydrogen) atoms. The first-order valence-corrected chi connectivity index (χ1v) is 8.78. The lowest BCUT2D eigenvalue weighted by Crippen LogP contribution is -2.30. The normalized spacial score (nSPS) is 12.5. The Morgan fingerprint density at radius 1 is 1.20 bits per heavy atom. The highest BCUT2D eigenvalue weighted by Crippen LogP contribution is 2.27. The third-order valence-electron chi connectivity index (χ3n) is 4.70. The molecule has 5 heteroatoms. The molecule has 1 atom stereocenters. The van der Waals surface area contributed by atoms with Crippen molar-refractivity contribution in [2.45, 2.75) is 53.5 Å². The van der Waals surface area contributed by atoms with Crippen LogP contribution >= 0.6 is 0 Å². The van der Waals surface area contributed by atoms with Crippen molar-refractivity contribution in [3.63, 3.8) is 0 Å². The number of carbonyl (C=O) groups excluding carboxylic acids is 1. The lowest BCUT2D eigenvalue weighted by molar-refractivity contribution is -0.121. The molecule has 0 radical (unpaired) electrons. The van der Waals surface area contributed by atoms with E-state index in [1.54, 1.807) is 6.20 Å². The molecule has 5 nitrogen and oxygen atoms in total. The molecule has 3 N–H and O–H groups in total. The van der Waals surface area contributed by atoms with E-state index in [0.717, 1.165) is 40.1 Å². The van der Waals surface area contributed by atoms with Gasteiger partial charge in [-0.25, -0.2) is 4.98 Å². The molecule has 3 rings (SSSR count). The molecule has 0 aliphatic rings. The second-order valence-corrected chi connectivity index (χ2v) is 6.89. The van der Waals surface area contributed by atoms with Gasteiger partial charge in [-0.1, -0.05) is 18.6 Å². The zero-order valence-electron chi connectivity index (χ0n) is 15.6. The summed E-state index contributed by atoms with van der Waals surface area (Å²) < 4.78 is 0. The molecular formula is C20H26N4O. The molecule has 3 aromatic rings. The van der Waals surface area contributed by atoms with Crippen molar-refractivity contribution in [3.8, 4) is 0 Å². The van der Waals surface area contributed by atoms with Crippen LogP contribution in [0.1, 0.15) is 53.3 Å². The molecule has 2 aromatic heterocycles. The number of benzene rings is 1. The fourth-order valence-corrected chi connectivity index (χ4v) is 3.44. The minimum absolute atomic E-state index is 0.0177. The number of carbonyl (C=O) groups is 1. The Labute approximate surface area is 148 Å². The van der Waals surface area contributed by atoms with Gasteiger partial charge in [0.15, 0.2) is 0 Å². The maximum absolute atomic E-state index is 12.7. The molecule has 132 valence electrons. The average Bonchev–Trinajstić information content (AvgIpc) is 3.10. The van der Waals surface area contributed by atoms with Crippen molar-refractivity contribution in [1.82, 2.24) is 20.3 Å². The molecule has 0 saturated carbocycles. The van der Waals surface area contributed by atoms with Gasteiger partial charge in [-0.2, -0.15) is 0 Å². The van der Waals surface area contributed by atoms with Crippen LogP contribution in [0.4, 0.5) is 0 Å². The predicted molar refractivity (Wildman–Crippen MR) is 101 cm³/mol. The lowest BCUT2D eigenvalue weighted by Gasteiger charge is -2.15. The lowest BCUT2D eigenvalue weighted by atomic mass is 10.0. The van der Waals surface area contributed by atoms with Gasteiger partial charge in [-0.05, 0) is 51.3 Å². The van der Waals surface area contributed by atoms with Crippen molar-refractivity contribution in [3.05, 3.63) is 52.2 Å². The zero-order valence-corrected chi connectivity index (χ0v) is 15.6. The number of hydrogen-bond donors (Lipinski definition) is 3. The van der Waals surface area contributed by atoms with Crippen LogP contribution in [0.5, 0.6) is 0 Å². The number of fused-ring (bicyclic) bond motifs is 1. The molecule has 0 aliphatic carbocycles. The van der Waals surface area contributed by atoms with Crippen molar-refractivity contribution in [1.29, 1.82) is 0 Å². The second kappa shape index (κ2) is 6.75. The predicted octanol–water partition coefficient (Wildman–Crippen LogP) is 3.93. The summed E-state index contributed by atoms with van der Waals surface area (Å²) >= 11 is 0. The van der Waals surface area contributed by atoms with Crippen LogP contribution < -0.4 is 5.32 Å². The molecule has 1 aromatic carbocycles. The number of H-pyrrole nitrogens is 2. The number of nitrogens with zero attached hydrogens (tertiary/aromatic N) is 1. The molecule has 0 bridgehead atoms. The molecular weight excluding hydrogens is 312 g/mol. The van der Waals surface area contributed by atoms with Gasteiger partial charge in [0, 0.05) is 28.5 Å². The Morgan fingerprint density at radius 3 is 2.60 bits per heavy atom. The van der Waals surface area contributed by atoms with E-state index < -0.39 is 0 Å². The van der Waals surface area contributed by atoms with Gasteiger partial charge in [0.05, 0.1) is 12.5 Å². The summed E-state index contributed by atoms with van der Waals surface area (Å²) in [7, 11) is 0. The Morgan fingerprint density at radius 2 is 1.96 bits per heavy atom. The van der Waals surface area contributed by atoms with E-state index in [4.69, 9.17) is 0 Å². The number of hydrogen-bond acceptors (Lipinski definition) is 2. The first-order valence-electron chi connectivity index (χ1n) is 8.78. The van der Waals surface area contributed by atoms with Crippen LogP contribution in [-0.2, 0) is 11.2 Å². The number of aryl methyl sites for hydroxylation is 4. The van der Waals surface area contributed by atoms with Gasteiger partial charge in [0.2, 0.25) is 5.91 Å². The van der Waals surface area contributed by atoms with Crippen molar-refractivity contribution < 1.29 is 4.79 Å². The quantitative estimate of drug-likeness (QED) is 0.659. The highest BCUT2D eigenvalue weighted by atomic mass is 16.1. The summed E-state index contributed by atoms with van der Waals surface area (Å²) in [5, 5.41) is 4.25. The fraction of sp³-hybridized carbons (Fsp3) is 0.400. The Bertz CT molecular complexity index is 919. The standard InChI is InChI=1S/C20H26N4O/c1-6-17(20-21-10-13(4)22-20)24-18(25)9-15-14(5)23-19-12(3)7-11(2)8-16(15)19/h7-8,10,17,23H,6,9H2,1-5H3,(H,21,22)(H,24,25). The number of aromatic nitrogens is 3. The fourth-order valence-electron chi connectivity index (χ4n) is 3.44. The monoisotopic (exact) mass is 338 g/mol. The van der Waals surface area contributed by atoms with Crippen LogP contribution in [0.25, 0.3) is 10.9 Å². The summed E-state index contributed by atoms with van der Waals surface area (Å²) in [5.74, 6) is 0.833. The maximum atomic E-state index is 12.7. The molecule has 1 amide bonds. The summed E-state index contributed by atoms with van der Waals surface area (Å²) in [4.78, 5) is 23.7. The van der Waals surface area contributed by atoms with E-state index in [2.05, 4.69) is 46.2 Å². The third-order valence-corrected chi connectivity index (χ3v) is 4.70. The van der Waals surface area contributed by atoms with Crippen molar-refractivity contribution in [2.75, 3.05) is 0 Å². The smallest absolute Gasteiger partial charge is 0.225 e. The minimum Gasteiger partial charge on any atom is -0.358 e. The second-order valence-electron chi connectivity index (χ2n) is 6.89.